The number of hydrogen-bond acceptors (Lipinski definition) is 3. The molecule has 32 heavy (non-hydrogen) atoms. The molecule has 0 fully saturated rings. The van der Waals surface area contributed by atoms with Gasteiger partial charge in [-0.05, 0) is 77.8 Å². The molecule has 3 aromatic rings. The number of benzene rings is 3. The van der Waals surface area contributed by atoms with Crippen LogP contribution >= 0.6 is 15.9 Å². The third-order valence-corrected chi connectivity index (χ3v) is 5.75. The van der Waals surface area contributed by atoms with Crippen molar-refractivity contribution in [1.82, 2.24) is 4.90 Å². The lowest BCUT2D eigenvalue weighted by Gasteiger charge is -2.18. The smallest absolute Gasteiger partial charge is 0.255 e. The molecule has 0 radical (unpaired) electrons. The molecule has 1 N–H and O–H groups in total. The largest absolute Gasteiger partial charge is 0.492 e. The van der Waals surface area contributed by atoms with Crippen molar-refractivity contribution in [2.75, 3.05) is 25.0 Å². The summed E-state index contributed by atoms with van der Waals surface area (Å²) in [7, 11) is 0. The van der Waals surface area contributed by atoms with E-state index < -0.39 is 0 Å². The molecule has 0 saturated carbocycles. The van der Waals surface area contributed by atoms with E-state index in [1.54, 1.807) is 47.4 Å². The van der Waals surface area contributed by atoms with Gasteiger partial charge in [0.1, 0.15) is 5.75 Å². The van der Waals surface area contributed by atoms with Crippen molar-refractivity contribution >= 4 is 33.4 Å². The van der Waals surface area contributed by atoms with Crippen LogP contribution < -0.4 is 10.1 Å². The van der Waals surface area contributed by atoms with E-state index in [9.17, 15) is 9.59 Å². The van der Waals surface area contributed by atoms with Gasteiger partial charge < -0.3 is 15.0 Å². The molecule has 6 heteroatoms. The molecule has 0 heterocycles. The summed E-state index contributed by atoms with van der Waals surface area (Å²) in [4.78, 5) is 26.8. The molecule has 5 nitrogen and oxygen atoms in total. The molecule has 3 aromatic carbocycles. The number of carbonyl (C=O) groups excluding carboxylic acids is 2. The van der Waals surface area contributed by atoms with Crippen molar-refractivity contribution in [1.29, 1.82) is 0 Å². The van der Waals surface area contributed by atoms with E-state index >= 15 is 0 Å². The molecular weight excluding hydrogens is 468 g/mol. The number of nitrogens with one attached hydrogen (secondary N) is 1. The minimum Gasteiger partial charge on any atom is -0.492 e. The SMILES string of the molecule is CCN(CC)C(=O)c1ccc(NC(=O)c2ccc(OCCc3ccccc3)c(Br)c2)cc1. The van der Waals surface area contributed by atoms with Gasteiger partial charge in [0.15, 0.2) is 0 Å². The number of carbonyl (C=O) groups is 2. The van der Waals surface area contributed by atoms with Gasteiger partial charge in [0.2, 0.25) is 0 Å². The molecule has 0 aliphatic carbocycles. The van der Waals surface area contributed by atoms with Crippen LogP contribution in [0.15, 0.2) is 77.3 Å². The monoisotopic (exact) mass is 494 g/mol. The van der Waals surface area contributed by atoms with E-state index in [1.165, 1.54) is 5.56 Å². The fourth-order valence-electron chi connectivity index (χ4n) is 3.28. The highest BCUT2D eigenvalue weighted by Crippen LogP contribution is 2.26. The van der Waals surface area contributed by atoms with Crippen LogP contribution in [0.4, 0.5) is 5.69 Å². The van der Waals surface area contributed by atoms with Gasteiger partial charge in [-0.1, -0.05) is 30.3 Å². The maximum absolute atomic E-state index is 12.6. The van der Waals surface area contributed by atoms with Crippen LogP contribution in [0.1, 0.15) is 40.1 Å². The Labute approximate surface area is 197 Å². The average Bonchev–Trinajstić information content (AvgIpc) is 2.82. The number of amides is 2. The zero-order valence-electron chi connectivity index (χ0n) is 18.3. The van der Waals surface area contributed by atoms with Gasteiger partial charge in [0.25, 0.3) is 11.8 Å². The van der Waals surface area contributed by atoms with Crippen LogP contribution in [0.3, 0.4) is 0 Å². The highest BCUT2D eigenvalue weighted by atomic mass is 79.9. The molecule has 0 unspecified atom stereocenters. The summed E-state index contributed by atoms with van der Waals surface area (Å²) in [5, 5.41) is 2.87. The predicted octanol–water partition coefficient (Wildman–Crippen LogP) is 5.80. The summed E-state index contributed by atoms with van der Waals surface area (Å²) in [5.74, 6) is 0.445. The molecule has 0 aromatic heterocycles. The quantitative estimate of drug-likeness (QED) is 0.408. The lowest BCUT2D eigenvalue weighted by Crippen LogP contribution is -2.30. The predicted molar refractivity (Wildman–Crippen MR) is 131 cm³/mol. The Morgan fingerprint density at radius 3 is 2.19 bits per heavy atom. The Morgan fingerprint density at radius 2 is 1.56 bits per heavy atom. The maximum atomic E-state index is 12.6. The summed E-state index contributed by atoms with van der Waals surface area (Å²) in [5.41, 5.74) is 2.96. The first kappa shape index (κ1) is 23.5. The number of anilines is 1. The van der Waals surface area contributed by atoms with Crippen molar-refractivity contribution in [3.05, 3.63) is 94.0 Å². The number of rotatable bonds is 9. The Kier molecular flexibility index (Phi) is 8.45. The third-order valence-electron chi connectivity index (χ3n) is 5.13. The zero-order valence-corrected chi connectivity index (χ0v) is 19.9. The van der Waals surface area contributed by atoms with E-state index in [0.29, 0.717) is 42.3 Å². The summed E-state index contributed by atoms with van der Waals surface area (Å²) in [6, 6.07) is 22.4. The molecule has 0 spiro atoms. The standard InChI is InChI=1S/C26H27BrN2O3/c1-3-29(4-2)26(31)20-10-13-22(14-11-20)28-25(30)21-12-15-24(23(27)18-21)32-17-16-19-8-6-5-7-9-19/h5-15,18H,3-4,16-17H2,1-2H3,(H,28,30). The number of hydrogen-bond donors (Lipinski definition) is 1. The second-order valence-corrected chi connectivity index (χ2v) is 8.09. The first-order chi connectivity index (χ1) is 15.5. The summed E-state index contributed by atoms with van der Waals surface area (Å²) in [6.07, 6.45) is 0.808. The first-order valence-electron chi connectivity index (χ1n) is 10.7. The number of ether oxygens (including phenoxy) is 1. The lowest BCUT2D eigenvalue weighted by atomic mass is 10.1. The van der Waals surface area contributed by atoms with Gasteiger partial charge in [-0.25, -0.2) is 0 Å². The van der Waals surface area contributed by atoms with Gasteiger partial charge >= 0.3 is 0 Å². The normalized spacial score (nSPS) is 10.5. The number of nitrogens with zero attached hydrogens (tertiary/aromatic N) is 1. The van der Waals surface area contributed by atoms with Crippen LogP contribution in [0.5, 0.6) is 5.75 Å². The Morgan fingerprint density at radius 1 is 0.906 bits per heavy atom. The lowest BCUT2D eigenvalue weighted by molar-refractivity contribution is 0.0773. The van der Waals surface area contributed by atoms with E-state index in [1.807, 2.05) is 32.0 Å². The molecule has 0 aliphatic heterocycles. The fourth-order valence-corrected chi connectivity index (χ4v) is 3.77. The minimum absolute atomic E-state index is 0.0142. The maximum Gasteiger partial charge on any atom is 0.255 e. The molecule has 0 saturated heterocycles. The highest BCUT2D eigenvalue weighted by molar-refractivity contribution is 9.10. The van der Waals surface area contributed by atoms with Gasteiger partial charge in [0, 0.05) is 36.3 Å². The van der Waals surface area contributed by atoms with Crippen LogP contribution in [-0.4, -0.2) is 36.4 Å². The molecule has 0 aliphatic rings. The molecule has 0 atom stereocenters. The molecule has 2 amide bonds. The van der Waals surface area contributed by atoms with E-state index in [0.717, 1.165) is 10.9 Å². The van der Waals surface area contributed by atoms with E-state index in [-0.39, 0.29) is 11.8 Å². The number of halogens is 1. The van der Waals surface area contributed by atoms with Gasteiger partial charge in [0.05, 0.1) is 11.1 Å². The molecule has 3 rings (SSSR count). The van der Waals surface area contributed by atoms with Crippen LogP contribution in [-0.2, 0) is 6.42 Å². The Bertz CT molecular complexity index is 1050. The van der Waals surface area contributed by atoms with Crippen molar-refractivity contribution in [3.8, 4) is 5.75 Å². The van der Waals surface area contributed by atoms with Crippen LogP contribution in [0.25, 0.3) is 0 Å². The summed E-state index contributed by atoms with van der Waals surface area (Å²) in [6.45, 7) is 5.78. The van der Waals surface area contributed by atoms with Crippen LogP contribution in [0.2, 0.25) is 0 Å². The van der Waals surface area contributed by atoms with E-state index in [4.69, 9.17) is 4.74 Å². The van der Waals surface area contributed by atoms with Crippen molar-refractivity contribution in [2.45, 2.75) is 20.3 Å². The molecule has 166 valence electrons. The third kappa shape index (κ3) is 6.20. The summed E-state index contributed by atoms with van der Waals surface area (Å²) < 4.78 is 6.57. The first-order valence-corrected chi connectivity index (χ1v) is 11.5. The van der Waals surface area contributed by atoms with Crippen molar-refractivity contribution < 1.29 is 14.3 Å². The Hall–Kier alpha value is -3.12. The fraction of sp³-hybridized carbons (Fsp3) is 0.231. The average molecular weight is 495 g/mol. The van der Waals surface area contributed by atoms with Crippen LogP contribution in [0, 0.1) is 0 Å². The molecule has 0 bridgehead atoms. The van der Waals surface area contributed by atoms with Gasteiger partial charge in [-0.15, -0.1) is 0 Å². The van der Waals surface area contributed by atoms with E-state index in [2.05, 4.69) is 33.4 Å². The highest BCUT2D eigenvalue weighted by Gasteiger charge is 2.13. The minimum atomic E-state index is -0.232. The summed E-state index contributed by atoms with van der Waals surface area (Å²) >= 11 is 3.49. The second-order valence-electron chi connectivity index (χ2n) is 7.24. The topological polar surface area (TPSA) is 58.6 Å². The second kappa shape index (κ2) is 11.5. The van der Waals surface area contributed by atoms with Crippen molar-refractivity contribution in [2.24, 2.45) is 0 Å². The molecular formula is C26H27BrN2O3. The van der Waals surface area contributed by atoms with Gasteiger partial charge in [-0.3, -0.25) is 9.59 Å². The van der Waals surface area contributed by atoms with Crippen molar-refractivity contribution in [3.63, 3.8) is 0 Å². The van der Waals surface area contributed by atoms with Gasteiger partial charge in [-0.2, -0.15) is 0 Å². The zero-order chi connectivity index (χ0) is 22.9. The Balaban J connectivity index is 1.58.